The quantitative estimate of drug-likeness (QED) is 0.138. The molecule has 3 N–H and O–H groups in total. The fraction of sp³-hybridized carbons (Fsp3) is 0.381. The molecular formula is C21H31IN4OS. The van der Waals surface area contributed by atoms with Gasteiger partial charge in [0.05, 0.1) is 13.2 Å². The van der Waals surface area contributed by atoms with Crippen LogP contribution in [-0.2, 0) is 11.3 Å². The summed E-state index contributed by atoms with van der Waals surface area (Å²) in [5, 5.41) is 10.0. The molecular weight excluding hydrogens is 483 g/mol. The van der Waals surface area contributed by atoms with Crippen molar-refractivity contribution in [2.45, 2.75) is 18.4 Å². The number of methoxy groups -OCH3 is 1. The number of benzene rings is 2. The topological polar surface area (TPSA) is 57.7 Å². The summed E-state index contributed by atoms with van der Waals surface area (Å²) >= 11 is 1.84. The number of aliphatic imine (C=N–C) groups is 1. The second kappa shape index (κ2) is 15.5. The maximum absolute atomic E-state index is 5.04. The van der Waals surface area contributed by atoms with Crippen molar-refractivity contribution >= 4 is 47.4 Å². The average Bonchev–Trinajstić information content (AvgIpc) is 2.71. The van der Waals surface area contributed by atoms with E-state index in [1.165, 1.54) is 10.5 Å². The summed E-state index contributed by atoms with van der Waals surface area (Å²) in [7, 11) is 1.71. The third-order valence-electron chi connectivity index (χ3n) is 3.76. The zero-order valence-electron chi connectivity index (χ0n) is 16.6. The molecule has 0 atom stereocenters. The van der Waals surface area contributed by atoms with Crippen molar-refractivity contribution in [2.75, 3.05) is 44.4 Å². The van der Waals surface area contributed by atoms with Crippen LogP contribution >= 0.6 is 35.7 Å². The molecule has 0 fully saturated rings. The van der Waals surface area contributed by atoms with Gasteiger partial charge in [-0.1, -0.05) is 30.3 Å². The van der Waals surface area contributed by atoms with E-state index < -0.39 is 0 Å². The summed E-state index contributed by atoms with van der Waals surface area (Å²) in [6.07, 6.45) is 0. The lowest BCUT2D eigenvalue weighted by Gasteiger charge is -2.11. The van der Waals surface area contributed by atoms with Gasteiger partial charge >= 0.3 is 0 Å². The fourth-order valence-electron chi connectivity index (χ4n) is 2.39. The molecule has 0 saturated heterocycles. The number of nitrogens with one attached hydrogen (secondary N) is 3. The molecule has 0 amide bonds. The van der Waals surface area contributed by atoms with Crippen LogP contribution in [0.5, 0.6) is 0 Å². The zero-order chi connectivity index (χ0) is 19.2. The zero-order valence-corrected chi connectivity index (χ0v) is 19.8. The lowest BCUT2D eigenvalue weighted by Crippen LogP contribution is -2.38. The van der Waals surface area contributed by atoms with Crippen molar-refractivity contribution in [3.05, 3.63) is 60.2 Å². The molecule has 0 aliphatic rings. The molecule has 0 saturated carbocycles. The molecule has 154 valence electrons. The minimum atomic E-state index is 0. The van der Waals surface area contributed by atoms with Crippen molar-refractivity contribution in [2.24, 2.45) is 4.99 Å². The molecule has 5 nitrogen and oxygen atoms in total. The SMILES string of the molecule is CCNC(=NCc1ccc(NCCOC)cc1)NCCSc1ccccc1.I. The number of anilines is 1. The maximum Gasteiger partial charge on any atom is 0.191 e. The van der Waals surface area contributed by atoms with Gasteiger partial charge in [0, 0.05) is 43.1 Å². The molecule has 0 aliphatic carbocycles. The Morgan fingerprint density at radius 2 is 1.75 bits per heavy atom. The Morgan fingerprint density at radius 1 is 1.00 bits per heavy atom. The highest BCUT2D eigenvalue weighted by Crippen LogP contribution is 2.15. The number of halogens is 1. The van der Waals surface area contributed by atoms with Crippen LogP contribution in [0.4, 0.5) is 5.69 Å². The lowest BCUT2D eigenvalue weighted by atomic mass is 10.2. The first kappa shape index (κ1) is 24.6. The maximum atomic E-state index is 5.04. The highest BCUT2D eigenvalue weighted by molar-refractivity contribution is 14.0. The molecule has 0 heterocycles. The van der Waals surface area contributed by atoms with E-state index in [9.17, 15) is 0 Å². The molecule has 0 radical (unpaired) electrons. The number of ether oxygens (including phenoxy) is 1. The van der Waals surface area contributed by atoms with Crippen LogP contribution in [0, 0.1) is 0 Å². The standard InChI is InChI=1S/C21H30N4OS.HI/c1-3-22-21(24-14-16-27-20-7-5-4-6-8-20)25-17-18-9-11-19(12-10-18)23-13-15-26-2;/h4-12,23H,3,13-17H2,1-2H3,(H2,22,24,25);1H. The monoisotopic (exact) mass is 514 g/mol. The molecule has 0 unspecified atom stereocenters. The van der Waals surface area contributed by atoms with Gasteiger partial charge in [-0.2, -0.15) is 0 Å². The molecule has 2 rings (SSSR count). The van der Waals surface area contributed by atoms with Crippen molar-refractivity contribution in [3.8, 4) is 0 Å². The number of hydrogen-bond acceptors (Lipinski definition) is 4. The van der Waals surface area contributed by atoms with Crippen LogP contribution in [0.25, 0.3) is 0 Å². The first-order chi connectivity index (χ1) is 13.3. The van der Waals surface area contributed by atoms with E-state index >= 15 is 0 Å². The predicted octanol–water partition coefficient (Wildman–Crippen LogP) is 4.21. The summed E-state index contributed by atoms with van der Waals surface area (Å²) in [4.78, 5) is 5.97. The molecule has 7 heteroatoms. The Labute approximate surface area is 190 Å². The third-order valence-corrected chi connectivity index (χ3v) is 4.77. The van der Waals surface area contributed by atoms with Crippen molar-refractivity contribution < 1.29 is 4.74 Å². The van der Waals surface area contributed by atoms with Gasteiger partial charge in [-0.3, -0.25) is 0 Å². The third kappa shape index (κ3) is 10.2. The second-order valence-corrected chi connectivity index (χ2v) is 7.07. The molecule has 0 spiro atoms. The summed E-state index contributed by atoms with van der Waals surface area (Å²) in [5.41, 5.74) is 2.28. The first-order valence-corrected chi connectivity index (χ1v) is 10.3. The van der Waals surface area contributed by atoms with Gasteiger partial charge in [0.15, 0.2) is 5.96 Å². The number of hydrogen-bond donors (Lipinski definition) is 3. The highest BCUT2D eigenvalue weighted by atomic mass is 127. The van der Waals surface area contributed by atoms with E-state index in [2.05, 4.69) is 76.4 Å². The van der Waals surface area contributed by atoms with Gasteiger partial charge < -0.3 is 20.7 Å². The Hall–Kier alpha value is -1.45. The molecule has 0 aromatic heterocycles. The Kier molecular flexibility index (Phi) is 13.6. The van der Waals surface area contributed by atoms with Gasteiger partial charge in [0.1, 0.15) is 0 Å². The fourth-order valence-corrected chi connectivity index (χ4v) is 3.18. The van der Waals surface area contributed by atoms with Crippen LogP contribution < -0.4 is 16.0 Å². The van der Waals surface area contributed by atoms with Crippen molar-refractivity contribution in [1.29, 1.82) is 0 Å². The largest absolute Gasteiger partial charge is 0.383 e. The molecule has 28 heavy (non-hydrogen) atoms. The van der Waals surface area contributed by atoms with E-state index in [0.717, 1.165) is 37.0 Å². The lowest BCUT2D eigenvalue weighted by molar-refractivity contribution is 0.211. The van der Waals surface area contributed by atoms with Gasteiger partial charge in [-0.05, 0) is 36.8 Å². The molecule has 2 aromatic rings. The number of nitrogens with zero attached hydrogens (tertiary/aromatic N) is 1. The van der Waals surface area contributed by atoms with Gasteiger partial charge in [0.25, 0.3) is 0 Å². The van der Waals surface area contributed by atoms with Crippen LogP contribution in [0.2, 0.25) is 0 Å². The Bertz CT molecular complexity index is 668. The van der Waals surface area contributed by atoms with Crippen LogP contribution in [0.15, 0.2) is 64.5 Å². The van der Waals surface area contributed by atoms with Gasteiger partial charge in [0.2, 0.25) is 0 Å². The molecule has 0 bridgehead atoms. The summed E-state index contributed by atoms with van der Waals surface area (Å²) in [6.45, 7) is 5.96. The van der Waals surface area contributed by atoms with Gasteiger partial charge in [-0.15, -0.1) is 35.7 Å². The summed E-state index contributed by atoms with van der Waals surface area (Å²) < 4.78 is 5.04. The van der Waals surface area contributed by atoms with Crippen molar-refractivity contribution in [1.82, 2.24) is 10.6 Å². The van der Waals surface area contributed by atoms with E-state index in [-0.39, 0.29) is 24.0 Å². The smallest absolute Gasteiger partial charge is 0.191 e. The number of thioether (sulfide) groups is 1. The van der Waals surface area contributed by atoms with E-state index in [0.29, 0.717) is 13.2 Å². The Balaban J connectivity index is 0.00000392. The van der Waals surface area contributed by atoms with Crippen LogP contribution in [0.1, 0.15) is 12.5 Å². The Morgan fingerprint density at radius 3 is 2.43 bits per heavy atom. The van der Waals surface area contributed by atoms with Gasteiger partial charge in [-0.25, -0.2) is 4.99 Å². The van der Waals surface area contributed by atoms with E-state index in [1.807, 2.05) is 17.8 Å². The molecule has 2 aromatic carbocycles. The number of guanidine groups is 1. The summed E-state index contributed by atoms with van der Waals surface area (Å²) in [5.74, 6) is 1.85. The highest BCUT2D eigenvalue weighted by Gasteiger charge is 1.99. The van der Waals surface area contributed by atoms with E-state index in [1.54, 1.807) is 7.11 Å². The average molecular weight is 514 g/mol. The second-order valence-electron chi connectivity index (χ2n) is 5.90. The van der Waals surface area contributed by atoms with Crippen molar-refractivity contribution in [3.63, 3.8) is 0 Å². The predicted molar refractivity (Wildman–Crippen MR) is 132 cm³/mol. The summed E-state index contributed by atoms with van der Waals surface area (Å²) in [6, 6.07) is 18.8. The van der Waals surface area contributed by atoms with E-state index in [4.69, 9.17) is 4.74 Å². The first-order valence-electron chi connectivity index (χ1n) is 9.33. The minimum Gasteiger partial charge on any atom is -0.383 e. The number of rotatable bonds is 11. The van der Waals surface area contributed by atoms with Crippen LogP contribution in [-0.4, -0.2) is 45.1 Å². The minimum absolute atomic E-state index is 0. The molecule has 0 aliphatic heterocycles. The normalized spacial score (nSPS) is 10.9. The van der Waals surface area contributed by atoms with Crippen LogP contribution in [0.3, 0.4) is 0 Å².